The monoisotopic (exact) mass is 232 g/mol. The second kappa shape index (κ2) is 7.23. The summed E-state index contributed by atoms with van der Waals surface area (Å²) in [5.74, 6) is 1.01. The van der Waals surface area contributed by atoms with E-state index in [1.807, 2.05) is 11.6 Å². The third kappa shape index (κ3) is 4.41. The van der Waals surface area contributed by atoms with Crippen molar-refractivity contribution in [3.8, 4) is 0 Å². The molecule has 1 unspecified atom stereocenters. The van der Waals surface area contributed by atoms with Crippen LogP contribution in [-0.2, 0) is 4.74 Å². The van der Waals surface area contributed by atoms with Crippen LogP contribution in [0.4, 0.5) is 0 Å². The number of nitrogens with zero attached hydrogens (tertiary/aromatic N) is 1. The van der Waals surface area contributed by atoms with E-state index in [1.165, 1.54) is 0 Å². The highest BCUT2D eigenvalue weighted by Crippen LogP contribution is 2.20. The Bertz CT molecular complexity index is 223. The highest BCUT2D eigenvalue weighted by molar-refractivity contribution is 8.01. The fourth-order valence-corrected chi connectivity index (χ4v) is 2.81. The van der Waals surface area contributed by atoms with Crippen LogP contribution in [0.15, 0.2) is 15.9 Å². The zero-order valence-electron chi connectivity index (χ0n) is 8.53. The number of rotatable bonds is 7. The van der Waals surface area contributed by atoms with E-state index in [0.717, 1.165) is 23.2 Å². The van der Waals surface area contributed by atoms with Gasteiger partial charge in [0.05, 0.1) is 6.61 Å². The Kier molecular flexibility index (Phi) is 6.18. The number of methoxy groups -OCH3 is 1. The van der Waals surface area contributed by atoms with Gasteiger partial charge in [0.15, 0.2) is 0 Å². The molecule has 1 heterocycles. The molecule has 0 aliphatic rings. The first kappa shape index (κ1) is 12.0. The lowest BCUT2D eigenvalue weighted by molar-refractivity contribution is 0.174. The molecule has 1 atom stereocenters. The smallest absolute Gasteiger partial charge is 0.149 e. The normalized spacial score (nSPS) is 13.0. The molecule has 0 spiro atoms. The molecule has 14 heavy (non-hydrogen) atoms. The Morgan fingerprint density at radius 3 is 3.14 bits per heavy atom. The predicted octanol–water partition coefficient (Wildman–Crippen LogP) is 1.86. The van der Waals surface area contributed by atoms with E-state index in [0.29, 0.717) is 6.04 Å². The average Bonchev–Trinajstić information content (AvgIpc) is 2.67. The Morgan fingerprint density at radius 1 is 1.71 bits per heavy atom. The summed E-state index contributed by atoms with van der Waals surface area (Å²) in [6.07, 6.45) is 1.84. The number of thioether (sulfide) groups is 1. The zero-order chi connectivity index (χ0) is 10.2. The first-order valence-corrected chi connectivity index (χ1v) is 6.48. The molecule has 1 aromatic rings. The molecule has 5 heteroatoms. The van der Waals surface area contributed by atoms with Crippen LogP contribution in [0, 0.1) is 0 Å². The second-order valence-corrected chi connectivity index (χ2v) is 4.98. The molecule has 1 N–H and O–H groups in total. The van der Waals surface area contributed by atoms with Crippen LogP contribution in [0.3, 0.4) is 0 Å². The lowest BCUT2D eigenvalue weighted by Crippen LogP contribution is -2.35. The minimum Gasteiger partial charge on any atom is -0.383 e. The van der Waals surface area contributed by atoms with Crippen molar-refractivity contribution < 1.29 is 4.74 Å². The minimum atomic E-state index is 0.416. The zero-order valence-corrected chi connectivity index (χ0v) is 10.2. The van der Waals surface area contributed by atoms with Crippen molar-refractivity contribution in [2.45, 2.75) is 17.3 Å². The molecule has 1 aromatic heterocycles. The lowest BCUT2D eigenvalue weighted by atomic mass is 10.3. The number of hydrogen-bond donors (Lipinski definition) is 1. The van der Waals surface area contributed by atoms with Crippen molar-refractivity contribution >= 4 is 23.1 Å². The standard InChI is InChI=1S/C9H16N2OS2/c1-3-10-8(6-12-2)7-14-9-11-4-5-13-9/h4-5,8,10H,3,6-7H2,1-2H3. The molecule has 0 aliphatic heterocycles. The molecule has 0 amide bonds. The molecular weight excluding hydrogens is 216 g/mol. The van der Waals surface area contributed by atoms with E-state index in [2.05, 4.69) is 17.2 Å². The molecule has 0 radical (unpaired) electrons. The average molecular weight is 232 g/mol. The third-order valence-corrected chi connectivity index (χ3v) is 3.81. The van der Waals surface area contributed by atoms with E-state index in [4.69, 9.17) is 4.74 Å². The largest absolute Gasteiger partial charge is 0.383 e. The Balaban J connectivity index is 2.25. The number of likely N-dealkylation sites (N-methyl/N-ethyl adjacent to an activating group) is 1. The number of thiazole rings is 1. The van der Waals surface area contributed by atoms with E-state index in [-0.39, 0.29) is 0 Å². The molecular formula is C9H16N2OS2. The molecule has 0 bridgehead atoms. The van der Waals surface area contributed by atoms with Crippen molar-refractivity contribution in [2.24, 2.45) is 0 Å². The van der Waals surface area contributed by atoms with Crippen molar-refractivity contribution in [3.05, 3.63) is 11.6 Å². The van der Waals surface area contributed by atoms with Gasteiger partial charge in [-0.15, -0.1) is 11.3 Å². The lowest BCUT2D eigenvalue weighted by Gasteiger charge is -2.15. The van der Waals surface area contributed by atoms with Crippen LogP contribution in [0.2, 0.25) is 0 Å². The van der Waals surface area contributed by atoms with Gasteiger partial charge in [0.2, 0.25) is 0 Å². The summed E-state index contributed by atoms with van der Waals surface area (Å²) in [5.41, 5.74) is 0. The molecule has 0 saturated carbocycles. The number of hydrogen-bond acceptors (Lipinski definition) is 5. The molecule has 0 fully saturated rings. The Morgan fingerprint density at radius 2 is 2.57 bits per heavy atom. The van der Waals surface area contributed by atoms with Gasteiger partial charge in [0.1, 0.15) is 4.34 Å². The van der Waals surface area contributed by atoms with Gasteiger partial charge >= 0.3 is 0 Å². The summed E-state index contributed by atoms with van der Waals surface area (Å²) in [6.45, 7) is 3.84. The molecule has 0 aliphatic carbocycles. The Hall–Kier alpha value is -0.100. The molecule has 1 rings (SSSR count). The van der Waals surface area contributed by atoms with Gasteiger partial charge in [-0.3, -0.25) is 0 Å². The van der Waals surface area contributed by atoms with E-state index in [1.54, 1.807) is 30.2 Å². The SMILES string of the molecule is CCNC(COC)CSc1nccs1. The van der Waals surface area contributed by atoms with Crippen LogP contribution in [0.25, 0.3) is 0 Å². The maximum atomic E-state index is 5.13. The third-order valence-electron chi connectivity index (χ3n) is 1.68. The maximum Gasteiger partial charge on any atom is 0.149 e. The van der Waals surface area contributed by atoms with Gasteiger partial charge < -0.3 is 10.1 Å². The number of ether oxygens (including phenoxy) is 1. The van der Waals surface area contributed by atoms with Crippen molar-refractivity contribution in [1.82, 2.24) is 10.3 Å². The van der Waals surface area contributed by atoms with Crippen LogP contribution in [-0.4, -0.2) is 37.0 Å². The fourth-order valence-electron chi connectivity index (χ4n) is 1.11. The van der Waals surface area contributed by atoms with Crippen molar-refractivity contribution in [1.29, 1.82) is 0 Å². The van der Waals surface area contributed by atoms with E-state index in [9.17, 15) is 0 Å². The first-order chi connectivity index (χ1) is 6.86. The summed E-state index contributed by atoms with van der Waals surface area (Å²) in [7, 11) is 1.73. The summed E-state index contributed by atoms with van der Waals surface area (Å²) < 4.78 is 6.26. The summed E-state index contributed by atoms with van der Waals surface area (Å²) >= 11 is 3.46. The first-order valence-electron chi connectivity index (χ1n) is 4.61. The predicted molar refractivity (Wildman–Crippen MR) is 62.2 cm³/mol. The summed E-state index contributed by atoms with van der Waals surface area (Å²) in [4.78, 5) is 4.22. The molecule has 0 saturated heterocycles. The van der Waals surface area contributed by atoms with Crippen LogP contribution in [0.5, 0.6) is 0 Å². The molecule has 80 valence electrons. The van der Waals surface area contributed by atoms with E-state index >= 15 is 0 Å². The van der Waals surface area contributed by atoms with Crippen LogP contribution < -0.4 is 5.32 Å². The quantitative estimate of drug-likeness (QED) is 0.728. The van der Waals surface area contributed by atoms with Crippen molar-refractivity contribution in [2.75, 3.05) is 26.0 Å². The van der Waals surface area contributed by atoms with Gasteiger partial charge in [-0.2, -0.15) is 0 Å². The number of aromatic nitrogens is 1. The van der Waals surface area contributed by atoms with Gasteiger partial charge in [-0.05, 0) is 6.54 Å². The van der Waals surface area contributed by atoms with E-state index < -0.39 is 0 Å². The van der Waals surface area contributed by atoms with Crippen LogP contribution in [0.1, 0.15) is 6.92 Å². The molecule has 3 nitrogen and oxygen atoms in total. The van der Waals surface area contributed by atoms with Gasteiger partial charge in [-0.1, -0.05) is 18.7 Å². The molecule has 0 aromatic carbocycles. The number of nitrogens with one attached hydrogen (secondary N) is 1. The highest BCUT2D eigenvalue weighted by Gasteiger charge is 2.07. The van der Waals surface area contributed by atoms with Crippen LogP contribution >= 0.6 is 23.1 Å². The van der Waals surface area contributed by atoms with Crippen molar-refractivity contribution in [3.63, 3.8) is 0 Å². The summed E-state index contributed by atoms with van der Waals surface area (Å²) in [5, 5.41) is 5.38. The minimum absolute atomic E-state index is 0.416. The van der Waals surface area contributed by atoms with Gasteiger partial charge in [0, 0.05) is 30.5 Å². The Labute approximate surface area is 93.3 Å². The second-order valence-electron chi connectivity index (χ2n) is 2.82. The maximum absolute atomic E-state index is 5.13. The van der Waals surface area contributed by atoms with Gasteiger partial charge in [-0.25, -0.2) is 4.98 Å². The fraction of sp³-hybridized carbons (Fsp3) is 0.667. The topological polar surface area (TPSA) is 34.1 Å². The summed E-state index contributed by atoms with van der Waals surface area (Å²) in [6, 6.07) is 0.416. The van der Waals surface area contributed by atoms with Gasteiger partial charge in [0.25, 0.3) is 0 Å². The highest BCUT2D eigenvalue weighted by atomic mass is 32.2.